The molecular weight excluding hydrogens is 224 g/mol. The highest BCUT2D eigenvalue weighted by Crippen LogP contribution is 2.28. The quantitative estimate of drug-likeness (QED) is 0.785. The van der Waals surface area contributed by atoms with Crippen molar-refractivity contribution in [3.63, 3.8) is 0 Å². The number of hydrogen-bond acceptors (Lipinski definition) is 3. The van der Waals surface area contributed by atoms with Crippen molar-refractivity contribution in [2.75, 3.05) is 26.2 Å². The molecule has 3 heteroatoms. The maximum absolute atomic E-state index is 5.95. The Labute approximate surface area is 110 Å². The van der Waals surface area contributed by atoms with E-state index in [1.807, 2.05) is 6.08 Å². The van der Waals surface area contributed by atoms with Gasteiger partial charge in [-0.05, 0) is 25.0 Å². The molecule has 1 N–H and O–H groups in total. The first-order valence-corrected chi connectivity index (χ1v) is 6.99. The first-order valence-electron chi connectivity index (χ1n) is 6.99. The van der Waals surface area contributed by atoms with Gasteiger partial charge in [0, 0.05) is 32.6 Å². The zero-order chi connectivity index (χ0) is 12.8. The lowest BCUT2D eigenvalue weighted by Gasteiger charge is -2.33. The minimum absolute atomic E-state index is 0.408. The van der Waals surface area contributed by atoms with Crippen molar-refractivity contribution in [1.82, 2.24) is 10.2 Å². The van der Waals surface area contributed by atoms with Gasteiger partial charge in [-0.15, -0.1) is 6.58 Å². The molecule has 1 fully saturated rings. The zero-order valence-corrected chi connectivity index (χ0v) is 11.3. The normalized spacial score (nSPS) is 18.7. The second-order valence-electron chi connectivity index (χ2n) is 4.83. The second kappa shape index (κ2) is 6.76. The number of nitrogens with one attached hydrogen (secondary N) is 1. The van der Waals surface area contributed by atoms with Gasteiger partial charge in [-0.3, -0.25) is 4.90 Å². The number of furan rings is 1. The van der Waals surface area contributed by atoms with Crippen molar-refractivity contribution < 1.29 is 4.42 Å². The van der Waals surface area contributed by atoms with Crippen LogP contribution in [0.1, 0.15) is 37.3 Å². The molecule has 0 amide bonds. The summed E-state index contributed by atoms with van der Waals surface area (Å²) in [5, 5.41) is 3.40. The van der Waals surface area contributed by atoms with E-state index in [2.05, 4.69) is 35.9 Å². The summed E-state index contributed by atoms with van der Waals surface area (Å²) in [7, 11) is 0. The molecule has 1 atom stereocenters. The maximum Gasteiger partial charge on any atom is 0.121 e. The van der Waals surface area contributed by atoms with E-state index >= 15 is 0 Å². The van der Waals surface area contributed by atoms with Crippen LogP contribution in [0.4, 0.5) is 0 Å². The number of rotatable bonds is 6. The number of hydrogen-bond donors (Lipinski definition) is 1. The lowest BCUT2D eigenvalue weighted by molar-refractivity contribution is 0.146. The van der Waals surface area contributed by atoms with Crippen LogP contribution in [0, 0.1) is 0 Å². The predicted octanol–water partition coefficient (Wildman–Crippen LogP) is 2.75. The van der Waals surface area contributed by atoms with E-state index in [0.29, 0.717) is 6.04 Å². The lowest BCUT2D eigenvalue weighted by atomic mass is 10.1. The van der Waals surface area contributed by atoms with Gasteiger partial charge in [0.25, 0.3) is 0 Å². The minimum atomic E-state index is 0.408. The number of aryl methyl sites for hydroxylation is 1. The van der Waals surface area contributed by atoms with Crippen molar-refractivity contribution in [3.8, 4) is 0 Å². The van der Waals surface area contributed by atoms with Crippen molar-refractivity contribution in [1.29, 1.82) is 0 Å². The molecule has 1 aliphatic rings. The van der Waals surface area contributed by atoms with Gasteiger partial charge in [0.2, 0.25) is 0 Å². The Morgan fingerprint density at radius 2 is 2.22 bits per heavy atom. The smallest absolute Gasteiger partial charge is 0.121 e. The number of allylic oxidation sites excluding steroid dienone is 1. The molecule has 100 valence electrons. The summed E-state index contributed by atoms with van der Waals surface area (Å²) in [4.78, 5) is 2.53. The number of piperazine rings is 1. The fourth-order valence-corrected chi connectivity index (χ4v) is 2.54. The average Bonchev–Trinajstić information content (AvgIpc) is 2.89. The van der Waals surface area contributed by atoms with Crippen molar-refractivity contribution in [2.24, 2.45) is 0 Å². The second-order valence-corrected chi connectivity index (χ2v) is 4.83. The van der Waals surface area contributed by atoms with E-state index in [-0.39, 0.29) is 0 Å². The fourth-order valence-electron chi connectivity index (χ4n) is 2.54. The molecule has 0 radical (unpaired) electrons. The Balaban J connectivity index is 2.09. The van der Waals surface area contributed by atoms with Crippen molar-refractivity contribution in [3.05, 3.63) is 36.3 Å². The molecule has 2 rings (SSSR count). The summed E-state index contributed by atoms with van der Waals surface area (Å²) < 4.78 is 5.95. The third-order valence-corrected chi connectivity index (χ3v) is 3.60. The molecule has 0 aromatic carbocycles. The van der Waals surface area contributed by atoms with Gasteiger partial charge in [-0.2, -0.15) is 0 Å². The highest BCUT2D eigenvalue weighted by Gasteiger charge is 2.23. The first kappa shape index (κ1) is 13.4. The molecule has 18 heavy (non-hydrogen) atoms. The van der Waals surface area contributed by atoms with Gasteiger partial charge in [-0.25, -0.2) is 0 Å². The molecule has 1 aromatic rings. The fraction of sp³-hybridized carbons (Fsp3) is 0.600. The Morgan fingerprint density at radius 1 is 1.44 bits per heavy atom. The molecule has 1 aliphatic heterocycles. The summed E-state index contributed by atoms with van der Waals surface area (Å²) in [6.45, 7) is 10.3. The Kier molecular flexibility index (Phi) is 5.02. The molecular formula is C15H24N2O. The van der Waals surface area contributed by atoms with Crippen molar-refractivity contribution >= 4 is 0 Å². The SMILES string of the molecule is C=CCC[C@@H](c1ccc(CC)o1)N1CCNCC1. The molecule has 0 bridgehead atoms. The highest BCUT2D eigenvalue weighted by molar-refractivity contribution is 5.11. The van der Waals surface area contributed by atoms with Crippen LogP contribution >= 0.6 is 0 Å². The van der Waals surface area contributed by atoms with E-state index in [0.717, 1.165) is 57.0 Å². The third-order valence-electron chi connectivity index (χ3n) is 3.60. The number of nitrogens with zero attached hydrogens (tertiary/aromatic N) is 1. The Hall–Kier alpha value is -1.06. The van der Waals surface area contributed by atoms with Gasteiger partial charge in [0.05, 0.1) is 6.04 Å². The van der Waals surface area contributed by atoms with Crippen LogP contribution < -0.4 is 5.32 Å². The van der Waals surface area contributed by atoms with Crippen LogP contribution in [0.5, 0.6) is 0 Å². The molecule has 1 saturated heterocycles. The molecule has 0 unspecified atom stereocenters. The van der Waals surface area contributed by atoms with E-state index in [1.165, 1.54) is 0 Å². The molecule has 3 nitrogen and oxygen atoms in total. The van der Waals surface area contributed by atoms with Gasteiger partial charge >= 0.3 is 0 Å². The first-order chi connectivity index (χ1) is 8.85. The largest absolute Gasteiger partial charge is 0.464 e. The van der Waals surface area contributed by atoms with Crippen molar-refractivity contribution in [2.45, 2.75) is 32.2 Å². The molecule has 1 aromatic heterocycles. The van der Waals surface area contributed by atoms with Gasteiger partial charge < -0.3 is 9.73 Å². The van der Waals surface area contributed by atoms with Gasteiger partial charge in [0.15, 0.2) is 0 Å². The van der Waals surface area contributed by atoms with Gasteiger partial charge in [0.1, 0.15) is 11.5 Å². The molecule has 0 aliphatic carbocycles. The summed E-state index contributed by atoms with van der Waals surface area (Å²) in [6, 6.07) is 4.66. The van der Waals surface area contributed by atoms with E-state index in [4.69, 9.17) is 4.42 Å². The Bertz CT molecular complexity index is 366. The molecule has 2 heterocycles. The summed E-state index contributed by atoms with van der Waals surface area (Å²) in [5.41, 5.74) is 0. The van der Waals surface area contributed by atoms with E-state index in [9.17, 15) is 0 Å². The van der Waals surface area contributed by atoms with Crippen LogP contribution in [-0.4, -0.2) is 31.1 Å². The summed E-state index contributed by atoms with van der Waals surface area (Å²) >= 11 is 0. The van der Waals surface area contributed by atoms with E-state index in [1.54, 1.807) is 0 Å². The van der Waals surface area contributed by atoms with Crippen LogP contribution in [-0.2, 0) is 6.42 Å². The predicted molar refractivity (Wildman–Crippen MR) is 74.7 cm³/mol. The highest BCUT2D eigenvalue weighted by atomic mass is 16.3. The van der Waals surface area contributed by atoms with Crippen LogP contribution in [0.25, 0.3) is 0 Å². The van der Waals surface area contributed by atoms with Crippen LogP contribution in [0.15, 0.2) is 29.2 Å². The monoisotopic (exact) mass is 248 g/mol. The topological polar surface area (TPSA) is 28.4 Å². The maximum atomic E-state index is 5.95. The summed E-state index contributed by atoms with van der Waals surface area (Å²) in [5.74, 6) is 2.21. The van der Waals surface area contributed by atoms with E-state index < -0.39 is 0 Å². The van der Waals surface area contributed by atoms with Crippen LogP contribution in [0.3, 0.4) is 0 Å². The average molecular weight is 248 g/mol. The minimum Gasteiger partial charge on any atom is -0.464 e. The molecule has 0 saturated carbocycles. The lowest BCUT2D eigenvalue weighted by Crippen LogP contribution is -2.45. The Morgan fingerprint density at radius 3 is 2.83 bits per heavy atom. The summed E-state index contributed by atoms with van der Waals surface area (Å²) in [6.07, 6.45) is 5.10. The van der Waals surface area contributed by atoms with Gasteiger partial charge in [-0.1, -0.05) is 13.0 Å². The standard InChI is InChI=1S/C15H24N2O/c1-3-5-6-14(17-11-9-16-10-12-17)15-8-7-13(4-2)18-15/h3,7-8,14,16H,1,4-6,9-12H2,2H3/t14-/m0/s1. The third kappa shape index (κ3) is 3.24. The van der Waals surface area contributed by atoms with Crippen LogP contribution in [0.2, 0.25) is 0 Å². The molecule has 0 spiro atoms. The zero-order valence-electron chi connectivity index (χ0n) is 11.3.